The summed E-state index contributed by atoms with van der Waals surface area (Å²) >= 11 is 0. The maximum atomic E-state index is 13.1. The number of likely N-dealkylation sites (N-methyl/N-ethyl adjacent to an activating group) is 1. The summed E-state index contributed by atoms with van der Waals surface area (Å²) in [5.41, 5.74) is 0.834. The van der Waals surface area contributed by atoms with Crippen molar-refractivity contribution >= 4 is 32.7 Å². The van der Waals surface area contributed by atoms with E-state index in [1.54, 1.807) is 29.9 Å². The first-order chi connectivity index (χ1) is 16.0. The number of fused-ring (bicyclic) bond motifs is 1. The van der Waals surface area contributed by atoms with Gasteiger partial charge in [0.1, 0.15) is 28.5 Å². The van der Waals surface area contributed by atoms with E-state index >= 15 is 0 Å². The van der Waals surface area contributed by atoms with Crippen molar-refractivity contribution in [2.24, 2.45) is 0 Å². The molecule has 5 rings (SSSR count). The molecule has 1 N–H and O–H groups in total. The Morgan fingerprint density at radius 1 is 1.18 bits per heavy atom. The first kappa shape index (κ1) is 22.1. The molecule has 2 saturated heterocycles. The van der Waals surface area contributed by atoms with E-state index in [-0.39, 0.29) is 17.0 Å². The Morgan fingerprint density at radius 3 is 2.85 bits per heavy atom. The van der Waals surface area contributed by atoms with Gasteiger partial charge in [0.15, 0.2) is 0 Å². The number of hydrogen-bond acceptors (Lipinski definition) is 8. The van der Waals surface area contributed by atoms with Crippen LogP contribution in [0.2, 0.25) is 0 Å². The van der Waals surface area contributed by atoms with E-state index in [2.05, 4.69) is 29.7 Å². The minimum Gasteiger partial charge on any atom is -0.383 e. The molecule has 3 aromatic rings. The number of aromatic nitrogens is 4. The molecule has 0 aliphatic carbocycles. The zero-order valence-electron chi connectivity index (χ0n) is 18.9. The Kier molecular flexibility index (Phi) is 5.94. The molecule has 0 amide bonds. The molecule has 5 heterocycles. The highest BCUT2D eigenvalue weighted by atomic mass is 32.2. The standard InChI is InChI=1S/C22H29N7O3S/c1-27(16-8-11-28(13-16)22-19-7-9-23-21(19)25-15-26-22)20-6-5-18(12-24-20)33(30,31)29-10-3-4-17(29)14-32-2/h5-7,9,12,15-17H,3-4,8,10-11,13-14H2,1-2H3,(H,23,25,26)/t16-,17?/m1/s1. The predicted octanol–water partition coefficient (Wildman–Crippen LogP) is 1.87. The molecule has 2 aliphatic heterocycles. The first-order valence-electron chi connectivity index (χ1n) is 11.2. The van der Waals surface area contributed by atoms with Crippen LogP contribution >= 0.6 is 0 Å². The normalized spacial score (nSPS) is 21.8. The fraction of sp³-hybridized carbons (Fsp3) is 0.500. The molecule has 10 nitrogen and oxygen atoms in total. The second-order valence-electron chi connectivity index (χ2n) is 8.66. The highest BCUT2D eigenvalue weighted by molar-refractivity contribution is 7.89. The van der Waals surface area contributed by atoms with Gasteiger partial charge in [-0.25, -0.2) is 23.4 Å². The highest BCUT2D eigenvalue weighted by Gasteiger charge is 2.35. The Hall–Kier alpha value is -2.76. The monoisotopic (exact) mass is 471 g/mol. The van der Waals surface area contributed by atoms with Crippen molar-refractivity contribution in [1.82, 2.24) is 24.2 Å². The minimum atomic E-state index is -3.58. The summed E-state index contributed by atoms with van der Waals surface area (Å²) in [7, 11) is 0.0232. The summed E-state index contributed by atoms with van der Waals surface area (Å²) in [5, 5.41) is 1.02. The zero-order valence-corrected chi connectivity index (χ0v) is 19.7. The zero-order chi connectivity index (χ0) is 23.0. The average Bonchev–Trinajstić information content (AvgIpc) is 3.59. The molecule has 2 aliphatic rings. The van der Waals surface area contributed by atoms with Crippen LogP contribution in [0, 0.1) is 0 Å². The molecule has 3 aromatic heterocycles. The SMILES string of the molecule is COCC1CCCN1S(=O)(=O)c1ccc(N(C)[C@@H]2CCN(c3ncnc4[nH]ccc34)C2)nc1. The third kappa shape index (κ3) is 4.04. The number of aromatic amines is 1. The molecular weight excluding hydrogens is 442 g/mol. The van der Waals surface area contributed by atoms with Crippen molar-refractivity contribution in [3.05, 3.63) is 36.9 Å². The van der Waals surface area contributed by atoms with Crippen LogP contribution in [-0.2, 0) is 14.8 Å². The number of nitrogens with one attached hydrogen (secondary N) is 1. The molecule has 0 bridgehead atoms. The Bertz CT molecular complexity index is 1210. The molecule has 0 spiro atoms. The lowest BCUT2D eigenvalue weighted by Crippen LogP contribution is -2.38. The number of anilines is 2. The maximum Gasteiger partial charge on any atom is 0.244 e. The summed E-state index contributed by atoms with van der Waals surface area (Å²) in [6, 6.07) is 5.59. The van der Waals surface area contributed by atoms with Gasteiger partial charge in [0.2, 0.25) is 10.0 Å². The van der Waals surface area contributed by atoms with Crippen LogP contribution < -0.4 is 9.80 Å². The molecule has 2 atom stereocenters. The van der Waals surface area contributed by atoms with Gasteiger partial charge in [0, 0.05) is 58.3 Å². The summed E-state index contributed by atoms with van der Waals surface area (Å²) < 4.78 is 33.0. The lowest BCUT2D eigenvalue weighted by Gasteiger charge is -2.27. The van der Waals surface area contributed by atoms with Crippen molar-refractivity contribution in [2.45, 2.75) is 36.2 Å². The summed E-state index contributed by atoms with van der Waals surface area (Å²) in [4.78, 5) is 21.0. The van der Waals surface area contributed by atoms with E-state index in [0.29, 0.717) is 13.2 Å². The van der Waals surface area contributed by atoms with Crippen LogP contribution in [0.3, 0.4) is 0 Å². The van der Waals surface area contributed by atoms with Crippen molar-refractivity contribution in [1.29, 1.82) is 0 Å². The molecule has 0 radical (unpaired) electrons. The van der Waals surface area contributed by atoms with Crippen molar-refractivity contribution < 1.29 is 13.2 Å². The van der Waals surface area contributed by atoms with Gasteiger partial charge < -0.3 is 19.5 Å². The number of hydrogen-bond donors (Lipinski definition) is 1. The Labute approximate surface area is 193 Å². The van der Waals surface area contributed by atoms with E-state index in [0.717, 1.165) is 55.0 Å². The Morgan fingerprint density at radius 2 is 2.06 bits per heavy atom. The smallest absolute Gasteiger partial charge is 0.244 e. The minimum absolute atomic E-state index is 0.111. The number of H-pyrrole nitrogens is 1. The number of nitrogens with zero attached hydrogens (tertiary/aromatic N) is 6. The van der Waals surface area contributed by atoms with Crippen molar-refractivity contribution in [3.8, 4) is 0 Å². The fourth-order valence-electron chi connectivity index (χ4n) is 4.90. The van der Waals surface area contributed by atoms with E-state index in [1.807, 2.05) is 19.3 Å². The van der Waals surface area contributed by atoms with Crippen molar-refractivity contribution in [2.75, 3.05) is 50.2 Å². The predicted molar refractivity (Wildman–Crippen MR) is 126 cm³/mol. The fourth-order valence-corrected chi connectivity index (χ4v) is 6.53. The van der Waals surface area contributed by atoms with Crippen molar-refractivity contribution in [3.63, 3.8) is 0 Å². The molecular formula is C22H29N7O3S. The van der Waals surface area contributed by atoms with Gasteiger partial charge in [0.05, 0.1) is 12.0 Å². The first-order valence-corrected chi connectivity index (χ1v) is 12.7. The lowest BCUT2D eigenvalue weighted by molar-refractivity contribution is 0.149. The second kappa shape index (κ2) is 8.88. The second-order valence-corrected chi connectivity index (χ2v) is 10.5. The van der Waals surface area contributed by atoms with E-state index in [4.69, 9.17) is 4.74 Å². The molecule has 11 heteroatoms. The molecule has 0 saturated carbocycles. The van der Waals surface area contributed by atoms with Crippen LogP contribution in [0.1, 0.15) is 19.3 Å². The third-order valence-corrected chi connectivity index (χ3v) is 8.65. The molecule has 2 fully saturated rings. The number of sulfonamides is 1. The van der Waals surface area contributed by atoms with Crippen LogP contribution in [-0.4, -0.2) is 85.1 Å². The van der Waals surface area contributed by atoms with E-state index < -0.39 is 10.0 Å². The molecule has 0 aromatic carbocycles. The van der Waals surface area contributed by atoms with Gasteiger partial charge in [-0.1, -0.05) is 0 Å². The summed E-state index contributed by atoms with van der Waals surface area (Å²) in [6.45, 7) is 2.62. The number of ether oxygens (including phenoxy) is 1. The number of methoxy groups -OCH3 is 1. The number of pyridine rings is 1. The van der Waals surface area contributed by atoms with E-state index in [1.165, 1.54) is 6.20 Å². The average molecular weight is 472 g/mol. The largest absolute Gasteiger partial charge is 0.383 e. The third-order valence-electron chi connectivity index (χ3n) is 6.71. The van der Waals surface area contributed by atoms with Crippen LogP contribution in [0.5, 0.6) is 0 Å². The Balaban J connectivity index is 1.29. The summed E-state index contributed by atoms with van der Waals surface area (Å²) in [6.07, 6.45) is 7.57. The molecule has 1 unspecified atom stereocenters. The van der Waals surface area contributed by atoms with Crippen LogP contribution in [0.25, 0.3) is 11.0 Å². The van der Waals surface area contributed by atoms with Gasteiger partial charge in [-0.15, -0.1) is 0 Å². The van der Waals surface area contributed by atoms with Crippen LogP contribution in [0.15, 0.2) is 41.8 Å². The van der Waals surface area contributed by atoms with Gasteiger partial charge in [-0.3, -0.25) is 0 Å². The maximum absolute atomic E-state index is 13.1. The van der Waals surface area contributed by atoms with E-state index in [9.17, 15) is 8.42 Å². The van der Waals surface area contributed by atoms with Gasteiger partial charge in [-0.2, -0.15) is 4.31 Å². The molecule has 33 heavy (non-hydrogen) atoms. The number of rotatable bonds is 7. The summed E-state index contributed by atoms with van der Waals surface area (Å²) in [5.74, 6) is 1.69. The lowest BCUT2D eigenvalue weighted by atomic mass is 10.2. The topological polar surface area (TPSA) is 108 Å². The molecule has 176 valence electrons. The van der Waals surface area contributed by atoms with Gasteiger partial charge in [0.25, 0.3) is 0 Å². The van der Waals surface area contributed by atoms with Gasteiger partial charge in [-0.05, 0) is 37.5 Å². The highest BCUT2D eigenvalue weighted by Crippen LogP contribution is 2.29. The quantitative estimate of drug-likeness (QED) is 0.557. The van der Waals surface area contributed by atoms with Gasteiger partial charge >= 0.3 is 0 Å². The van der Waals surface area contributed by atoms with Crippen LogP contribution in [0.4, 0.5) is 11.6 Å².